The van der Waals surface area contributed by atoms with Gasteiger partial charge in [0.25, 0.3) is 0 Å². The van der Waals surface area contributed by atoms with Gasteiger partial charge in [0, 0.05) is 12.3 Å². The lowest BCUT2D eigenvalue weighted by Crippen LogP contribution is -2.43. The average Bonchev–Trinajstić information content (AvgIpc) is 3.30. The van der Waals surface area contributed by atoms with E-state index in [4.69, 9.17) is 14.2 Å². The molecule has 1 N–H and O–H groups in total. The van der Waals surface area contributed by atoms with Crippen molar-refractivity contribution in [2.45, 2.75) is 37.8 Å². The van der Waals surface area contributed by atoms with Gasteiger partial charge in [0.15, 0.2) is 0 Å². The van der Waals surface area contributed by atoms with E-state index in [9.17, 15) is 9.59 Å². The highest BCUT2D eigenvalue weighted by atomic mass is 16.6. The van der Waals surface area contributed by atoms with Crippen molar-refractivity contribution < 1.29 is 23.8 Å². The largest absolute Gasteiger partial charge is 0.483 e. The topological polar surface area (TPSA) is 73.9 Å². The van der Waals surface area contributed by atoms with Gasteiger partial charge >= 0.3 is 12.1 Å². The molecule has 6 nitrogen and oxygen atoms in total. The van der Waals surface area contributed by atoms with Gasteiger partial charge in [0.1, 0.15) is 24.0 Å². The highest BCUT2D eigenvalue weighted by molar-refractivity contribution is 5.82. The Kier molecular flexibility index (Phi) is 7.87. The van der Waals surface area contributed by atoms with Gasteiger partial charge in [-0.2, -0.15) is 0 Å². The lowest BCUT2D eigenvalue weighted by molar-refractivity contribution is -0.143. The van der Waals surface area contributed by atoms with Crippen LogP contribution in [0.3, 0.4) is 0 Å². The molecule has 1 unspecified atom stereocenters. The Morgan fingerprint density at radius 3 is 1.98 bits per heavy atom. The van der Waals surface area contributed by atoms with Crippen LogP contribution < -0.4 is 10.1 Å². The van der Waals surface area contributed by atoms with Gasteiger partial charge in [-0.05, 0) is 59.4 Å². The minimum absolute atomic E-state index is 0.0672. The maximum absolute atomic E-state index is 12.8. The minimum Gasteiger partial charge on any atom is -0.483 e. The Hall–Kier alpha value is -4.58. The molecule has 0 aromatic heterocycles. The van der Waals surface area contributed by atoms with Crippen molar-refractivity contribution in [2.75, 3.05) is 13.7 Å². The van der Waals surface area contributed by atoms with E-state index >= 15 is 0 Å². The van der Waals surface area contributed by atoms with Crippen molar-refractivity contribution in [1.29, 1.82) is 0 Å². The Labute approximate surface area is 234 Å². The van der Waals surface area contributed by atoms with E-state index in [1.165, 1.54) is 7.11 Å². The molecule has 0 heterocycles. The normalized spacial score (nSPS) is 13.1. The number of fused-ring (bicyclic) bond motifs is 3. The minimum atomic E-state index is -0.895. The molecule has 0 aliphatic heterocycles. The average molecular weight is 536 g/mol. The Morgan fingerprint density at radius 2 is 1.38 bits per heavy atom. The molecule has 1 amide bonds. The van der Waals surface area contributed by atoms with Crippen LogP contribution in [-0.2, 0) is 26.3 Å². The van der Waals surface area contributed by atoms with Crippen molar-refractivity contribution >= 4 is 12.1 Å². The molecule has 1 aliphatic rings. The molecule has 4 aromatic carbocycles. The second-order valence-electron chi connectivity index (χ2n) is 10.4. The van der Waals surface area contributed by atoms with Crippen LogP contribution in [0.2, 0.25) is 0 Å². The SMILES string of the molecule is COC(=O)C(Cc1ccc(OC(C)(C)c2ccccc2)cc1)NC(=O)OCC1c2ccccc2-c2ccccc21. The number of hydrogen-bond donors (Lipinski definition) is 1. The maximum atomic E-state index is 12.8. The number of esters is 1. The van der Waals surface area contributed by atoms with Crippen LogP contribution in [-0.4, -0.2) is 31.8 Å². The van der Waals surface area contributed by atoms with Crippen LogP contribution in [0, 0.1) is 0 Å². The number of benzene rings is 4. The standard InChI is InChI=1S/C34H33NO5/c1-34(2,24-11-5-4-6-12-24)40-25-19-17-23(18-20-25)21-31(32(36)38-3)35-33(37)39-22-30-28-15-9-7-13-26(28)27-14-8-10-16-29(27)30/h4-20,30-31H,21-22H2,1-3H3,(H,35,37). The zero-order valence-corrected chi connectivity index (χ0v) is 22.9. The van der Waals surface area contributed by atoms with Crippen molar-refractivity contribution in [3.8, 4) is 16.9 Å². The number of carbonyl (C=O) groups excluding carboxylic acids is 2. The van der Waals surface area contributed by atoms with E-state index in [1.54, 1.807) is 0 Å². The molecular weight excluding hydrogens is 502 g/mol. The Morgan fingerprint density at radius 1 is 0.800 bits per heavy atom. The van der Waals surface area contributed by atoms with Gasteiger partial charge in [-0.25, -0.2) is 9.59 Å². The zero-order valence-electron chi connectivity index (χ0n) is 22.9. The third-order valence-corrected chi connectivity index (χ3v) is 7.33. The molecule has 4 aromatic rings. The van der Waals surface area contributed by atoms with Crippen LogP contribution in [0.25, 0.3) is 11.1 Å². The van der Waals surface area contributed by atoms with Crippen molar-refractivity contribution in [1.82, 2.24) is 5.32 Å². The monoisotopic (exact) mass is 535 g/mol. The summed E-state index contributed by atoms with van der Waals surface area (Å²) in [5.74, 6) is 0.0955. The molecule has 0 fully saturated rings. The number of amides is 1. The molecule has 0 saturated heterocycles. The third-order valence-electron chi connectivity index (χ3n) is 7.33. The molecule has 1 atom stereocenters. The number of methoxy groups -OCH3 is 1. The fourth-order valence-corrected chi connectivity index (χ4v) is 5.24. The van der Waals surface area contributed by atoms with Gasteiger partial charge in [-0.1, -0.05) is 91.0 Å². The highest BCUT2D eigenvalue weighted by Crippen LogP contribution is 2.44. The molecule has 40 heavy (non-hydrogen) atoms. The van der Waals surface area contributed by atoms with Crippen LogP contribution in [0.15, 0.2) is 103 Å². The summed E-state index contributed by atoms with van der Waals surface area (Å²) in [6.07, 6.45) is -0.416. The first-order valence-electron chi connectivity index (χ1n) is 13.4. The molecule has 0 radical (unpaired) electrons. The van der Waals surface area contributed by atoms with Gasteiger partial charge in [-0.3, -0.25) is 0 Å². The highest BCUT2D eigenvalue weighted by Gasteiger charge is 2.30. The van der Waals surface area contributed by atoms with E-state index < -0.39 is 23.7 Å². The Bertz CT molecular complexity index is 1430. The summed E-state index contributed by atoms with van der Waals surface area (Å²) in [4.78, 5) is 25.4. The van der Waals surface area contributed by atoms with Crippen LogP contribution in [0.4, 0.5) is 4.79 Å². The van der Waals surface area contributed by atoms with Crippen LogP contribution in [0.5, 0.6) is 5.75 Å². The van der Waals surface area contributed by atoms with Gasteiger partial charge in [-0.15, -0.1) is 0 Å². The predicted octanol–water partition coefficient (Wildman–Crippen LogP) is 6.62. The van der Waals surface area contributed by atoms with E-state index in [2.05, 4.69) is 29.6 Å². The van der Waals surface area contributed by atoms with Crippen LogP contribution >= 0.6 is 0 Å². The van der Waals surface area contributed by atoms with Crippen LogP contribution in [0.1, 0.15) is 42.0 Å². The number of carbonyl (C=O) groups is 2. The quantitative estimate of drug-likeness (QED) is 0.244. The van der Waals surface area contributed by atoms with Gasteiger partial charge < -0.3 is 19.5 Å². The first-order valence-corrected chi connectivity index (χ1v) is 13.4. The lowest BCUT2D eigenvalue weighted by atomic mass is 9.98. The summed E-state index contributed by atoms with van der Waals surface area (Å²) in [6, 6.07) is 32.9. The molecule has 0 bridgehead atoms. The summed E-state index contributed by atoms with van der Waals surface area (Å²) in [7, 11) is 1.30. The van der Waals surface area contributed by atoms with E-state index in [1.807, 2.05) is 92.7 Å². The summed E-state index contributed by atoms with van der Waals surface area (Å²) < 4.78 is 16.8. The molecule has 0 spiro atoms. The maximum Gasteiger partial charge on any atom is 0.407 e. The molecule has 5 rings (SSSR count). The summed E-state index contributed by atoms with van der Waals surface area (Å²) in [5.41, 5.74) is 5.95. The molecular formula is C34H33NO5. The number of ether oxygens (including phenoxy) is 3. The smallest absolute Gasteiger partial charge is 0.407 e. The van der Waals surface area contributed by atoms with E-state index in [0.717, 1.165) is 33.4 Å². The molecule has 1 aliphatic carbocycles. The second-order valence-corrected chi connectivity index (χ2v) is 10.4. The summed E-state index contributed by atoms with van der Waals surface area (Å²) in [6.45, 7) is 4.20. The number of hydrogen-bond acceptors (Lipinski definition) is 5. The molecule has 0 saturated carbocycles. The number of rotatable bonds is 9. The van der Waals surface area contributed by atoms with E-state index in [0.29, 0.717) is 5.75 Å². The zero-order chi connectivity index (χ0) is 28.1. The molecule has 6 heteroatoms. The predicted molar refractivity (Wildman–Crippen MR) is 154 cm³/mol. The fourth-order valence-electron chi connectivity index (χ4n) is 5.24. The first kappa shape index (κ1) is 27.0. The van der Waals surface area contributed by atoms with Gasteiger partial charge in [0.05, 0.1) is 7.11 Å². The first-order chi connectivity index (χ1) is 19.4. The fraction of sp³-hybridized carbons (Fsp3) is 0.235. The van der Waals surface area contributed by atoms with Crippen molar-refractivity contribution in [2.24, 2.45) is 0 Å². The van der Waals surface area contributed by atoms with E-state index in [-0.39, 0.29) is 18.9 Å². The lowest BCUT2D eigenvalue weighted by Gasteiger charge is -2.27. The summed E-state index contributed by atoms with van der Waals surface area (Å²) in [5, 5.41) is 2.70. The Balaban J connectivity index is 1.21. The summed E-state index contributed by atoms with van der Waals surface area (Å²) >= 11 is 0. The second kappa shape index (κ2) is 11.7. The van der Waals surface area contributed by atoms with Crippen molar-refractivity contribution in [3.05, 3.63) is 125 Å². The number of nitrogens with one attached hydrogen (secondary N) is 1. The van der Waals surface area contributed by atoms with Gasteiger partial charge in [0.2, 0.25) is 0 Å². The molecule has 204 valence electrons. The van der Waals surface area contributed by atoms with Crippen molar-refractivity contribution in [3.63, 3.8) is 0 Å². The number of alkyl carbamates (subject to hydrolysis) is 1. The third kappa shape index (κ3) is 5.86.